The van der Waals surface area contributed by atoms with Gasteiger partial charge in [0.15, 0.2) is 0 Å². The van der Waals surface area contributed by atoms with Crippen molar-refractivity contribution in [3.8, 4) is 5.88 Å². The average Bonchev–Trinajstić information content (AvgIpc) is 3.68. The number of fused-ring (bicyclic) bond motifs is 1. The topological polar surface area (TPSA) is 102 Å². The van der Waals surface area contributed by atoms with Crippen molar-refractivity contribution < 1.29 is 14.3 Å². The lowest BCUT2D eigenvalue weighted by Crippen LogP contribution is -2.51. The number of ether oxygens (including phenoxy) is 2. The molecule has 4 heterocycles. The highest BCUT2D eigenvalue weighted by Gasteiger charge is 2.40. The average molecular weight is 519 g/mol. The summed E-state index contributed by atoms with van der Waals surface area (Å²) >= 11 is 0. The lowest BCUT2D eigenvalue weighted by atomic mass is 9.99. The van der Waals surface area contributed by atoms with Crippen LogP contribution in [0.3, 0.4) is 0 Å². The van der Waals surface area contributed by atoms with E-state index in [9.17, 15) is 4.79 Å². The second-order valence-electron chi connectivity index (χ2n) is 10.6. The Labute approximate surface area is 224 Å². The summed E-state index contributed by atoms with van der Waals surface area (Å²) in [6, 6.07) is 5.58. The third kappa shape index (κ3) is 5.17. The molecule has 1 amide bonds. The Bertz CT molecular complexity index is 1320. The quantitative estimate of drug-likeness (QED) is 0.417. The van der Waals surface area contributed by atoms with Crippen LogP contribution in [0.5, 0.6) is 5.88 Å². The lowest BCUT2D eigenvalue weighted by molar-refractivity contribution is 0.0940. The molecule has 5 rings (SSSR count). The lowest BCUT2D eigenvalue weighted by Gasteiger charge is -2.31. The fourth-order valence-corrected chi connectivity index (χ4v) is 5.68. The van der Waals surface area contributed by atoms with E-state index in [4.69, 9.17) is 19.4 Å². The molecule has 3 aromatic rings. The fraction of sp³-hybridized carbons (Fsp3) is 0.517. The number of aryl methyl sites for hydroxylation is 1. The van der Waals surface area contributed by atoms with Crippen LogP contribution < -0.4 is 20.3 Å². The summed E-state index contributed by atoms with van der Waals surface area (Å²) in [6.45, 7) is 9.12. The molecule has 202 valence electrons. The molecule has 2 aliphatic rings. The molecular weight excluding hydrogens is 480 g/mol. The Morgan fingerprint density at radius 1 is 1.26 bits per heavy atom. The van der Waals surface area contributed by atoms with Crippen LogP contribution in [0.1, 0.15) is 72.4 Å². The number of pyridine rings is 3. The van der Waals surface area contributed by atoms with E-state index in [0.717, 1.165) is 72.4 Å². The van der Waals surface area contributed by atoms with Gasteiger partial charge in [0.1, 0.15) is 0 Å². The summed E-state index contributed by atoms with van der Waals surface area (Å²) in [5.41, 5.74) is 5.16. The highest BCUT2D eigenvalue weighted by molar-refractivity contribution is 6.08. The number of anilines is 1. The molecular formula is C29H38N6O3. The van der Waals surface area contributed by atoms with Crippen molar-refractivity contribution in [1.82, 2.24) is 25.6 Å². The monoisotopic (exact) mass is 518 g/mol. The van der Waals surface area contributed by atoms with Crippen molar-refractivity contribution in [3.63, 3.8) is 0 Å². The van der Waals surface area contributed by atoms with Gasteiger partial charge in [-0.25, -0.2) is 4.98 Å². The van der Waals surface area contributed by atoms with Gasteiger partial charge in [-0.2, -0.15) is 0 Å². The van der Waals surface area contributed by atoms with Gasteiger partial charge < -0.3 is 25.0 Å². The summed E-state index contributed by atoms with van der Waals surface area (Å²) in [6.07, 6.45) is 6.62. The molecule has 1 aliphatic carbocycles. The van der Waals surface area contributed by atoms with E-state index in [0.29, 0.717) is 24.0 Å². The first-order valence-electron chi connectivity index (χ1n) is 13.5. The minimum Gasteiger partial charge on any atom is -0.481 e. The van der Waals surface area contributed by atoms with E-state index in [2.05, 4.69) is 33.5 Å². The Morgan fingerprint density at radius 3 is 2.79 bits per heavy atom. The molecule has 0 spiro atoms. The molecule has 0 aromatic carbocycles. The normalized spacial score (nSPS) is 20.1. The summed E-state index contributed by atoms with van der Waals surface area (Å²) in [4.78, 5) is 30.1. The maximum absolute atomic E-state index is 13.9. The van der Waals surface area contributed by atoms with E-state index in [1.165, 1.54) is 0 Å². The number of carbonyl (C=O) groups is 1. The van der Waals surface area contributed by atoms with Crippen LogP contribution >= 0.6 is 0 Å². The molecule has 2 fully saturated rings. The highest BCUT2D eigenvalue weighted by Crippen LogP contribution is 2.44. The van der Waals surface area contributed by atoms with E-state index in [1.54, 1.807) is 26.6 Å². The van der Waals surface area contributed by atoms with Crippen molar-refractivity contribution in [3.05, 3.63) is 53.1 Å². The zero-order chi connectivity index (χ0) is 26.9. The minimum atomic E-state index is -0.239. The van der Waals surface area contributed by atoms with E-state index in [-0.39, 0.29) is 17.5 Å². The number of amides is 1. The predicted octanol–water partition coefficient (Wildman–Crippen LogP) is 3.92. The Hall–Kier alpha value is -3.30. The maximum atomic E-state index is 13.9. The Kier molecular flexibility index (Phi) is 7.49. The smallest absolute Gasteiger partial charge is 0.255 e. The van der Waals surface area contributed by atoms with Crippen LogP contribution in [0, 0.1) is 6.92 Å². The minimum absolute atomic E-state index is 0.159. The van der Waals surface area contributed by atoms with E-state index < -0.39 is 0 Å². The Balaban J connectivity index is 1.56. The molecule has 9 heteroatoms. The summed E-state index contributed by atoms with van der Waals surface area (Å²) in [5.74, 6) is 0.807. The van der Waals surface area contributed by atoms with Crippen LogP contribution in [-0.4, -0.2) is 66.9 Å². The molecule has 1 aliphatic heterocycles. The van der Waals surface area contributed by atoms with Gasteiger partial charge in [-0.05, 0) is 57.4 Å². The molecule has 9 nitrogen and oxygen atoms in total. The third-order valence-electron chi connectivity index (χ3n) is 7.65. The summed E-state index contributed by atoms with van der Waals surface area (Å²) in [7, 11) is 3.33. The molecule has 1 saturated carbocycles. The first-order chi connectivity index (χ1) is 18.4. The number of aromatic nitrogens is 3. The molecule has 2 N–H and O–H groups in total. The molecule has 0 bridgehead atoms. The number of carbonyl (C=O) groups excluding carboxylic acids is 1. The first-order valence-corrected chi connectivity index (χ1v) is 13.5. The SMILES string of the molecule is CCNC1(COC)CCN(c2c(C(=O)N[C@@H](C)c3ccnc(OC)c3)cnc3c(C4CC4)nc(C)cc23)C1. The standard InChI is InChI=1S/C29H38N6O3/c1-6-32-29(17-37-4)10-12-35(16-29)27-22-13-18(2)33-25(20-7-8-20)26(22)31-15-23(27)28(36)34-19(3)21-9-11-30-24(14-21)38-5/h9,11,13-15,19-20,32H,6-8,10,12,16-17H2,1-5H3,(H,34,36)/t19-,29?/m0/s1. The number of nitrogens with zero attached hydrogens (tertiary/aromatic N) is 4. The van der Waals surface area contributed by atoms with Crippen LogP contribution in [-0.2, 0) is 4.74 Å². The van der Waals surface area contributed by atoms with E-state index in [1.807, 2.05) is 26.0 Å². The van der Waals surface area contributed by atoms with Crippen molar-refractivity contribution >= 4 is 22.5 Å². The first kappa shape index (κ1) is 26.3. The van der Waals surface area contributed by atoms with Gasteiger partial charge in [0, 0.05) is 55.7 Å². The zero-order valence-electron chi connectivity index (χ0n) is 23.0. The van der Waals surface area contributed by atoms with Crippen molar-refractivity contribution in [2.24, 2.45) is 0 Å². The largest absolute Gasteiger partial charge is 0.481 e. The van der Waals surface area contributed by atoms with Crippen molar-refractivity contribution in [2.75, 3.05) is 45.4 Å². The van der Waals surface area contributed by atoms with Gasteiger partial charge in [-0.3, -0.25) is 14.8 Å². The van der Waals surface area contributed by atoms with Crippen molar-refractivity contribution in [1.29, 1.82) is 0 Å². The molecule has 3 aromatic heterocycles. The molecule has 1 unspecified atom stereocenters. The number of hydrogen-bond donors (Lipinski definition) is 2. The van der Waals surface area contributed by atoms with Gasteiger partial charge in [0.2, 0.25) is 5.88 Å². The Morgan fingerprint density at radius 2 is 2.08 bits per heavy atom. The van der Waals surface area contributed by atoms with E-state index >= 15 is 0 Å². The van der Waals surface area contributed by atoms with Gasteiger partial charge in [-0.15, -0.1) is 0 Å². The second-order valence-corrected chi connectivity index (χ2v) is 10.6. The number of hydrogen-bond acceptors (Lipinski definition) is 8. The zero-order valence-corrected chi connectivity index (χ0v) is 23.0. The predicted molar refractivity (Wildman–Crippen MR) is 148 cm³/mol. The van der Waals surface area contributed by atoms with Gasteiger partial charge >= 0.3 is 0 Å². The van der Waals surface area contributed by atoms with Gasteiger partial charge in [-0.1, -0.05) is 6.92 Å². The number of nitrogens with one attached hydrogen (secondary N) is 2. The number of methoxy groups -OCH3 is 2. The van der Waals surface area contributed by atoms with Gasteiger partial charge in [0.05, 0.1) is 47.8 Å². The van der Waals surface area contributed by atoms with Gasteiger partial charge in [0.25, 0.3) is 5.91 Å². The molecule has 0 radical (unpaired) electrons. The fourth-order valence-electron chi connectivity index (χ4n) is 5.68. The number of likely N-dealkylation sites (N-methyl/N-ethyl adjacent to an activating group) is 1. The molecule has 38 heavy (non-hydrogen) atoms. The second kappa shape index (κ2) is 10.8. The summed E-state index contributed by atoms with van der Waals surface area (Å²) < 4.78 is 10.9. The van der Waals surface area contributed by atoms with Crippen LogP contribution in [0.25, 0.3) is 10.9 Å². The highest BCUT2D eigenvalue weighted by atomic mass is 16.5. The maximum Gasteiger partial charge on any atom is 0.255 e. The molecule has 1 saturated heterocycles. The van der Waals surface area contributed by atoms with Crippen LogP contribution in [0.2, 0.25) is 0 Å². The molecule has 2 atom stereocenters. The van der Waals surface area contributed by atoms with Crippen LogP contribution in [0.15, 0.2) is 30.6 Å². The summed E-state index contributed by atoms with van der Waals surface area (Å²) in [5, 5.41) is 7.84. The third-order valence-corrected chi connectivity index (χ3v) is 7.65. The van der Waals surface area contributed by atoms with Crippen molar-refractivity contribution in [2.45, 2.75) is 57.5 Å². The van der Waals surface area contributed by atoms with Crippen LogP contribution in [0.4, 0.5) is 5.69 Å². The number of rotatable bonds is 10.